The lowest BCUT2D eigenvalue weighted by Gasteiger charge is -2.09. The molecule has 1 heterocycles. The lowest BCUT2D eigenvalue weighted by atomic mass is 10.00. The third kappa shape index (κ3) is 1.77. The number of phenols is 1. The SMILES string of the molecule is Cc1c(O)ccc2c1oc(=O)c1c(CCO)cccc12. The van der Waals surface area contributed by atoms with Gasteiger partial charge in [-0.15, -0.1) is 0 Å². The van der Waals surface area contributed by atoms with Gasteiger partial charge in [0.05, 0.1) is 5.39 Å². The van der Waals surface area contributed by atoms with Gasteiger partial charge >= 0.3 is 5.63 Å². The highest BCUT2D eigenvalue weighted by atomic mass is 16.4. The van der Waals surface area contributed by atoms with Crippen molar-refractivity contribution in [3.8, 4) is 5.75 Å². The number of aryl methyl sites for hydroxylation is 1. The monoisotopic (exact) mass is 270 g/mol. The predicted molar refractivity (Wildman–Crippen MR) is 77.2 cm³/mol. The zero-order valence-electron chi connectivity index (χ0n) is 11.0. The van der Waals surface area contributed by atoms with Gasteiger partial charge in [-0.3, -0.25) is 0 Å². The number of fused-ring (bicyclic) bond motifs is 3. The Morgan fingerprint density at radius 2 is 1.95 bits per heavy atom. The van der Waals surface area contributed by atoms with Crippen LogP contribution in [-0.4, -0.2) is 16.8 Å². The highest BCUT2D eigenvalue weighted by molar-refractivity contribution is 6.06. The Morgan fingerprint density at radius 3 is 2.70 bits per heavy atom. The van der Waals surface area contributed by atoms with E-state index in [0.29, 0.717) is 23.0 Å². The number of hydrogen-bond acceptors (Lipinski definition) is 4. The first-order valence-corrected chi connectivity index (χ1v) is 6.41. The number of aliphatic hydroxyl groups is 1. The van der Waals surface area contributed by atoms with Crippen LogP contribution in [0.25, 0.3) is 21.7 Å². The first-order chi connectivity index (χ1) is 9.63. The van der Waals surface area contributed by atoms with Gasteiger partial charge in [-0.25, -0.2) is 4.79 Å². The second kappa shape index (κ2) is 4.65. The topological polar surface area (TPSA) is 70.7 Å². The van der Waals surface area contributed by atoms with E-state index in [1.807, 2.05) is 18.2 Å². The van der Waals surface area contributed by atoms with Gasteiger partial charge in [0.15, 0.2) is 0 Å². The maximum Gasteiger partial charge on any atom is 0.344 e. The number of aromatic hydroxyl groups is 1. The quantitative estimate of drug-likeness (QED) is 0.554. The number of rotatable bonds is 2. The minimum Gasteiger partial charge on any atom is -0.508 e. The molecule has 0 atom stereocenters. The molecule has 0 fully saturated rings. The molecular weight excluding hydrogens is 256 g/mol. The number of phenolic OH excluding ortho intramolecular Hbond substituents is 1. The van der Waals surface area contributed by atoms with Gasteiger partial charge in [0.1, 0.15) is 11.3 Å². The third-order valence-corrected chi connectivity index (χ3v) is 3.60. The van der Waals surface area contributed by atoms with Crippen LogP contribution in [-0.2, 0) is 6.42 Å². The molecule has 4 nitrogen and oxygen atoms in total. The van der Waals surface area contributed by atoms with Crippen LogP contribution >= 0.6 is 0 Å². The first kappa shape index (κ1) is 12.7. The molecule has 2 aromatic carbocycles. The Hall–Kier alpha value is -2.33. The molecule has 0 saturated carbocycles. The Morgan fingerprint density at radius 1 is 1.15 bits per heavy atom. The van der Waals surface area contributed by atoms with Crippen LogP contribution in [0, 0.1) is 6.92 Å². The molecule has 4 heteroatoms. The van der Waals surface area contributed by atoms with Crippen LogP contribution in [0.15, 0.2) is 39.5 Å². The summed E-state index contributed by atoms with van der Waals surface area (Å²) < 4.78 is 5.38. The first-order valence-electron chi connectivity index (χ1n) is 6.41. The fourth-order valence-electron chi connectivity index (χ4n) is 2.56. The van der Waals surface area contributed by atoms with E-state index in [2.05, 4.69) is 0 Å². The summed E-state index contributed by atoms with van der Waals surface area (Å²) in [5, 5.41) is 20.9. The summed E-state index contributed by atoms with van der Waals surface area (Å²) in [5.41, 5.74) is 1.29. The van der Waals surface area contributed by atoms with E-state index >= 15 is 0 Å². The molecule has 0 radical (unpaired) electrons. The minimum atomic E-state index is -0.440. The summed E-state index contributed by atoms with van der Waals surface area (Å²) >= 11 is 0. The standard InChI is InChI=1S/C16H14O4/c1-9-13(18)6-5-12-11-4-2-3-10(7-8-17)14(11)16(19)20-15(9)12/h2-6,17-18H,7-8H2,1H3. The maximum absolute atomic E-state index is 12.2. The minimum absolute atomic E-state index is 0.0226. The predicted octanol–water partition coefficient (Wildman–Crippen LogP) is 2.50. The van der Waals surface area contributed by atoms with Crippen LogP contribution in [0.2, 0.25) is 0 Å². The summed E-state index contributed by atoms with van der Waals surface area (Å²) in [4.78, 5) is 12.2. The van der Waals surface area contributed by atoms with Crippen molar-refractivity contribution in [2.75, 3.05) is 6.61 Å². The van der Waals surface area contributed by atoms with Crippen molar-refractivity contribution >= 4 is 21.7 Å². The van der Waals surface area contributed by atoms with Gasteiger partial charge in [-0.1, -0.05) is 18.2 Å². The van der Waals surface area contributed by atoms with Crippen molar-refractivity contribution in [3.63, 3.8) is 0 Å². The molecule has 3 aromatic rings. The molecule has 20 heavy (non-hydrogen) atoms. The molecule has 0 saturated heterocycles. The normalized spacial score (nSPS) is 11.3. The zero-order chi connectivity index (χ0) is 14.3. The van der Waals surface area contributed by atoms with Crippen LogP contribution in [0.1, 0.15) is 11.1 Å². The molecule has 102 valence electrons. The Balaban J connectivity index is 2.53. The van der Waals surface area contributed by atoms with Crippen molar-refractivity contribution in [3.05, 3.63) is 51.9 Å². The molecule has 0 aliphatic rings. The van der Waals surface area contributed by atoms with E-state index < -0.39 is 5.63 Å². The lowest BCUT2D eigenvalue weighted by Crippen LogP contribution is -2.05. The van der Waals surface area contributed by atoms with E-state index in [1.165, 1.54) is 0 Å². The second-order valence-corrected chi connectivity index (χ2v) is 4.79. The summed E-state index contributed by atoms with van der Waals surface area (Å²) in [7, 11) is 0. The van der Waals surface area contributed by atoms with Crippen LogP contribution in [0.4, 0.5) is 0 Å². The molecule has 2 N–H and O–H groups in total. The summed E-state index contributed by atoms with van der Waals surface area (Å²) in [6.45, 7) is 1.69. The average Bonchev–Trinajstić information content (AvgIpc) is 2.44. The molecule has 0 amide bonds. The van der Waals surface area contributed by atoms with Gasteiger partial charge in [0, 0.05) is 22.9 Å². The van der Waals surface area contributed by atoms with E-state index in [9.17, 15) is 9.90 Å². The van der Waals surface area contributed by atoms with Gasteiger partial charge < -0.3 is 14.6 Å². The van der Waals surface area contributed by atoms with Gasteiger partial charge in [-0.05, 0) is 31.0 Å². The van der Waals surface area contributed by atoms with Crippen LogP contribution in [0.5, 0.6) is 5.75 Å². The second-order valence-electron chi connectivity index (χ2n) is 4.79. The molecule has 0 aliphatic heterocycles. The van der Waals surface area contributed by atoms with Crippen molar-refractivity contribution < 1.29 is 14.6 Å². The maximum atomic E-state index is 12.2. The van der Waals surface area contributed by atoms with E-state index in [-0.39, 0.29) is 12.4 Å². The van der Waals surface area contributed by atoms with Crippen LogP contribution < -0.4 is 5.63 Å². The Kier molecular flexibility index (Phi) is 2.95. The number of aliphatic hydroxyl groups excluding tert-OH is 1. The lowest BCUT2D eigenvalue weighted by molar-refractivity contribution is 0.300. The van der Waals surface area contributed by atoms with Crippen molar-refractivity contribution in [2.24, 2.45) is 0 Å². The van der Waals surface area contributed by atoms with Crippen molar-refractivity contribution in [1.82, 2.24) is 0 Å². The molecular formula is C16H14O4. The highest BCUT2D eigenvalue weighted by Gasteiger charge is 2.13. The molecule has 0 bridgehead atoms. The van der Waals surface area contributed by atoms with Crippen molar-refractivity contribution in [2.45, 2.75) is 13.3 Å². The smallest absolute Gasteiger partial charge is 0.344 e. The van der Waals surface area contributed by atoms with E-state index in [1.54, 1.807) is 19.1 Å². The number of hydrogen-bond donors (Lipinski definition) is 2. The van der Waals surface area contributed by atoms with E-state index in [4.69, 9.17) is 9.52 Å². The van der Waals surface area contributed by atoms with Crippen molar-refractivity contribution in [1.29, 1.82) is 0 Å². The Labute approximate surface area is 114 Å². The number of benzene rings is 2. The van der Waals surface area contributed by atoms with Gasteiger partial charge in [0.2, 0.25) is 0 Å². The molecule has 0 unspecified atom stereocenters. The van der Waals surface area contributed by atoms with E-state index in [0.717, 1.165) is 16.3 Å². The van der Waals surface area contributed by atoms with Gasteiger partial charge in [-0.2, -0.15) is 0 Å². The highest BCUT2D eigenvalue weighted by Crippen LogP contribution is 2.31. The van der Waals surface area contributed by atoms with Crippen LogP contribution in [0.3, 0.4) is 0 Å². The van der Waals surface area contributed by atoms with Gasteiger partial charge in [0.25, 0.3) is 0 Å². The Bertz CT molecular complexity index is 862. The summed E-state index contributed by atoms with van der Waals surface area (Å²) in [6.07, 6.45) is 0.407. The molecule has 1 aromatic heterocycles. The molecule has 0 aliphatic carbocycles. The largest absolute Gasteiger partial charge is 0.508 e. The average molecular weight is 270 g/mol. The molecule has 0 spiro atoms. The summed E-state index contributed by atoms with van der Waals surface area (Å²) in [6, 6.07) is 8.86. The summed E-state index contributed by atoms with van der Waals surface area (Å²) in [5.74, 6) is 0.103. The fraction of sp³-hybridized carbons (Fsp3) is 0.188. The third-order valence-electron chi connectivity index (χ3n) is 3.60. The molecule has 3 rings (SSSR count). The fourth-order valence-corrected chi connectivity index (χ4v) is 2.56. The zero-order valence-corrected chi connectivity index (χ0v) is 11.0.